The molecule has 1 heterocycles. The molecule has 17 heavy (non-hydrogen) atoms. The number of likely N-dealkylation sites (tertiary alicyclic amines) is 1. The zero-order chi connectivity index (χ0) is 12.1. The molecule has 0 aliphatic carbocycles. The third-order valence-electron chi connectivity index (χ3n) is 3.40. The summed E-state index contributed by atoms with van der Waals surface area (Å²) in [7, 11) is 0. The number of rotatable bonds is 5. The first-order valence-electron chi connectivity index (χ1n) is 6.48. The topological polar surface area (TPSA) is 15.3 Å². The Morgan fingerprint density at radius 3 is 2.82 bits per heavy atom. The van der Waals surface area contributed by atoms with Crippen molar-refractivity contribution in [3.8, 4) is 0 Å². The number of nitrogens with one attached hydrogen (secondary N) is 1. The predicted molar refractivity (Wildman–Crippen MR) is 73.7 cm³/mol. The van der Waals surface area contributed by atoms with Gasteiger partial charge in [0.2, 0.25) is 0 Å². The summed E-state index contributed by atoms with van der Waals surface area (Å²) in [5.41, 5.74) is 1.38. The number of benzene rings is 1. The van der Waals surface area contributed by atoms with E-state index in [1.54, 1.807) is 0 Å². The molecule has 1 aromatic carbocycles. The zero-order valence-electron chi connectivity index (χ0n) is 10.5. The van der Waals surface area contributed by atoms with Gasteiger partial charge in [0, 0.05) is 24.2 Å². The van der Waals surface area contributed by atoms with E-state index in [-0.39, 0.29) is 0 Å². The second-order valence-corrected chi connectivity index (χ2v) is 5.16. The Morgan fingerprint density at radius 1 is 1.35 bits per heavy atom. The van der Waals surface area contributed by atoms with Crippen LogP contribution in [-0.4, -0.2) is 37.1 Å². The SMILES string of the molecule is CCNC1CCN(CCc2ccc(Cl)cc2)C1. The summed E-state index contributed by atoms with van der Waals surface area (Å²) in [6.07, 6.45) is 2.41. The molecule has 2 rings (SSSR count). The molecule has 1 aliphatic rings. The third-order valence-corrected chi connectivity index (χ3v) is 3.65. The average Bonchev–Trinajstić information content (AvgIpc) is 2.77. The van der Waals surface area contributed by atoms with Crippen molar-refractivity contribution >= 4 is 11.6 Å². The number of halogens is 1. The van der Waals surface area contributed by atoms with E-state index in [1.165, 1.54) is 25.1 Å². The smallest absolute Gasteiger partial charge is 0.0406 e. The van der Waals surface area contributed by atoms with Gasteiger partial charge in [-0.05, 0) is 43.6 Å². The first-order chi connectivity index (χ1) is 8.28. The molecule has 0 radical (unpaired) electrons. The van der Waals surface area contributed by atoms with Crippen LogP contribution in [0.5, 0.6) is 0 Å². The van der Waals surface area contributed by atoms with E-state index in [0.717, 1.165) is 24.5 Å². The number of nitrogens with zero attached hydrogens (tertiary/aromatic N) is 1. The van der Waals surface area contributed by atoms with Crippen molar-refractivity contribution in [1.82, 2.24) is 10.2 Å². The van der Waals surface area contributed by atoms with Crippen molar-refractivity contribution < 1.29 is 0 Å². The van der Waals surface area contributed by atoms with E-state index in [4.69, 9.17) is 11.6 Å². The summed E-state index contributed by atoms with van der Waals surface area (Å²) in [6.45, 7) is 6.84. The molecule has 0 amide bonds. The van der Waals surface area contributed by atoms with Crippen molar-refractivity contribution in [1.29, 1.82) is 0 Å². The van der Waals surface area contributed by atoms with Crippen LogP contribution in [0.25, 0.3) is 0 Å². The maximum atomic E-state index is 5.87. The lowest BCUT2D eigenvalue weighted by atomic mass is 10.1. The molecular formula is C14H21ClN2. The Morgan fingerprint density at radius 2 is 2.12 bits per heavy atom. The molecule has 1 aromatic rings. The van der Waals surface area contributed by atoms with Gasteiger partial charge < -0.3 is 10.2 Å². The van der Waals surface area contributed by atoms with Crippen LogP contribution in [0.3, 0.4) is 0 Å². The fourth-order valence-electron chi connectivity index (χ4n) is 2.43. The second kappa shape index (κ2) is 6.39. The minimum atomic E-state index is 0.699. The van der Waals surface area contributed by atoms with Gasteiger partial charge in [-0.25, -0.2) is 0 Å². The molecular weight excluding hydrogens is 232 g/mol. The van der Waals surface area contributed by atoms with Crippen molar-refractivity contribution in [2.24, 2.45) is 0 Å². The molecule has 1 N–H and O–H groups in total. The third kappa shape index (κ3) is 3.98. The van der Waals surface area contributed by atoms with Crippen molar-refractivity contribution in [3.05, 3.63) is 34.9 Å². The largest absolute Gasteiger partial charge is 0.313 e. The van der Waals surface area contributed by atoms with Crippen molar-refractivity contribution in [2.45, 2.75) is 25.8 Å². The number of hydrogen-bond donors (Lipinski definition) is 1. The van der Waals surface area contributed by atoms with Gasteiger partial charge in [0.25, 0.3) is 0 Å². The molecule has 0 bridgehead atoms. The van der Waals surface area contributed by atoms with Gasteiger partial charge >= 0.3 is 0 Å². The summed E-state index contributed by atoms with van der Waals surface area (Å²) < 4.78 is 0. The molecule has 1 atom stereocenters. The van der Waals surface area contributed by atoms with Gasteiger partial charge in [-0.3, -0.25) is 0 Å². The van der Waals surface area contributed by atoms with Gasteiger partial charge in [0.15, 0.2) is 0 Å². The Labute approximate surface area is 109 Å². The molecule has 1 saturated heterocycles. The Bertz CT molecular complexity index is 337. The maximum Gasteiger partial charge on any atom is 0.0406 e. The van der Waals surface area contributed by atoms with Gasteiger partial charge in [0.1, 0.15) is 0 Å². The summed E-state index contributed by atoms with van der Waals surface area (Å²) in [5.74, 6) is 0. The molecule has 1 fully saturated rings. The Balaban J connectivity index is 1.74. The molecule has 0 aromatic heterocycles. The molecule has 2 nitrogen and oxygen atoms in total. The fraction of sp³-hybridized carbons (Fsp3) is 0.571. The van der Waals surface area contributed by atoms with E-state index < -0.39 is 0 Å². The predicted octanol–water partition coefficient (Wildman–Crippen LogP) is 2.57. The minimum absolute atomic E-state index is 0.699. The highest BCUT2D eigenvalue weighted by Crippen LogP contribution is 2.13. The van der Waals surface area contributed by atoms with E-state index in [1.807, 2.05) is 12.1 Å². The number of likely N-dealkylation sites (N-methyl/N-ethyl adjacent to an activating group) is 1. The Kier molecular flexibility index (Phi) is 4.84. The highest BCUT2D eigenvalue weighted by atomic mass is 35.5. The van der Waals surface area contributed by atoms with Crippen LogP contribution in [-0.2, 0) is 6.42 Å². The summed E-state index contributed by atoms with van der Waals surface area (Å²) in [6, 6.07) is 8.90. The molecule has 3 heteroatoms. The van der Waals surface area contributed by atoms with E-state index >= 15 is 0 Å². The molecule has 0 saturated carbocycles. The average molecular weight is 253 g/mol. The van der Waals surface area contributed by atoms with Crippen LogP contribution >= 0.6 is 11.6 Å². The first kappa shape index (κ1) is 12.9. The van der Waals surface area contributed by atoms with Gasteiger partial charge in [-0.15, -0.1) is 0 Å². The monoisotopic (exact) mass is 252 g/mol. The lowest BCUT2D eigenvalue weighted by molar-refractivity contribution is 0.332. The molecule has 1 aliphatic heterocycles. The summed E-state index contributed by atoms with van der Waals surface area (Å²) in [4.78, 5) is 2.54. The standard InChI is InChI=1S/C14H21ClN2/c1-2-16-14-8-10-17(11-14)9-7-12-3-5-13(15)6-4-12/h3-6,14,16H,2,7-11H2,1H3. The minimum Gasteiger partial charge on any atom is -0.313 e. The van der Waals surface area contributed by atoms with Crippen LogP contribution in [0.2, 0.25) is 5.02 Å². The van der Waals surface area contributed by atoms with Gasteiger partial charge in [-0.2, -0.15) is 0 Å². The first-order valence-corrected chi connectivity index (χ1v) is 6.86. The maximum absolute atomic E-state index is 5.87. The highest BCUT2D eigenvalue weighted by Gasteiger charge is 2.20. The lowest BCUT2D eigenvalue weighted by Gasteiger charge is -2.16. The fourth-order valence-corrected chi connectivity index (χ4v) is 2.56. The second-order valence-electron chi connectivity index (χ2n) is 4.72. The van der Waals surface area contributed by atoms with Crippen LogP contribution < -0.4 is 5.32 Å². The van der Waals surface area contributed by atoms with Crippen LogP contribution in [0, 0.1) is 0 Å². The lowest BCUT2D eigenvalue weighted by Crippen LogP contribution is -2.32. The van der Waals surface area contributed by atoms with Crippen LogP contribution in [0.1, 0.15) is 18.9 Å². The van der Waals surface area contributed by atoms with E-state index in [2.05, 4.69) is 29.3 Å². The molecule has 1 unspecified atom stereocenters. The van der Waals surface area contributed by atoms with Gasteiger partial charge in [-0.1, -0.05) is 30.7 Å². The van der Waals surface area contributed by atoms with Crippen molar-refractivity contribution in [2.75, 3.05) is 26.2 Å². The van der Waals surface area contributed by atoms with Crippen LogP contribution in [0.4, 0.5) is 0 Å². The quantitative estimate of drug-likeness (QED) is 0.867. The zero-order valence-corrected chi connectivity index (χ0v) is 11.2. The van der Waals surface area contributed by atoms with E-state index in [0.29, 0.717) is 6.04 Å². The summed E-state index contributed by atoms with van der Waals surface area (Å²) in [5, 5.41) is 4.34. The molecule has 94 valence electrons. The van der Waals surface area contributed by atoms with Gasteiger partial charge in [0.05, 0.1) is 0 Å². The number of hydrogen-bond acceptors (Lipinski definition) is 2. The van der Waals surface area contributed by atoms with Crippen molar-refractivity contribution in [3.63, 3.8) is 0 Å². The Hall–Kier alpha value is -0.570. The molecule has 0 spiro atoms. The normalized spacial score (nSPS) is 20.9. The highest BCUT2D eigenvalue weighted by molar-refractivity contribution is 6.30. The van der Waals surface area contributed by atoms with E-state index in [9.17, 15) is 0 Å². The summed E-state index contributed by atoms with van der Waals surface area (Å²) >= 11 is 5.87. The van der Waals surface area contributed by atoms with Crippen LogP contribution in [0.15, 0.2) is 24.3 Å².